The lowest BCUT2D eigenvalue weighted by Crippen LogP contribution is -2.08. The second kappa shape index (κ2) is 5.75. The maximum Gasteiger partial charge on any atom is 0.150 e. The smallest absolute Gasteiger partial charge is 0.150 e. The molecule has 0 fully saturated rings. The predicted octanol–water partition coefficient (Wildman–Crippen LogP) is 3.01. The average Bonchev–Trinajstić information content (AvgIpc) is 2.51. The molecule has 0 atom stereocenters. The minimum Gasteiger partial charge on any atom is -0.398 e. The number of halogens is 1. The van der Waals surface area contributed by atoms with Crippen molar-refractivity contribution in [2.24, 2.45) is 0 Å². The normalized spacial score (nSPS) is 10.7. The van der Waals surface area contributed by atoms with Gasteiger partial charge in [-0.25, -0.2) is 4.39 Å². The van der Waals surface area contributed by atoms with E-state index in [1.165, 1.54) is 6.07 Å². The summed E-state index contributed by atoms with van der Waals surface area (Å²) in [5.74, 6) is -0.389. The molecule has 0 aliphatic rings. The van der Waals surface area contributed by atoms with Gasteiger partial charge in [0.2, 0.25) is 0 Å². The van der Waals surface area contributed by atoms with Gasteiger partial charge in [0, 0.05) is 42.1 Å². The van der Waals surface area contributed by atoms with Crippen molar-refractivity contribution >= 4 is 22.3 Å². The van der Waals surface area contributed by atoms with Gasteiger partial charge in [0.15, 0.2) is 5.82 Å². The van der Waals surface area contributed by atoms with Gasteiger partial charge in [0.25, 0.3) is 0 Å². The van der Waals surface area contributed by atoms with E-state index in [1.807, 2.05) is 24.3 Å². The molecule has 0 bridgehead atoms. The van der Waals surface area contributed by atoms with Crippen LogP contribution in [-0.4, -0.2) is 16.5 Å². The van der Waals surface area contributed by atoms with E-state index in [4.69, 9.17) is 5.73 Å². The molecule has 0 amide bonds. The van der Waals surface area contributed by atoms with Crippen LogP contribution in [0.15, 0.2) is 48.8 Å². The highest BCUT2D eigenvalue weighted by atomic mass is 19.1. The van der Waals surface area contributed by atoms with Crippen molar-refractivity contribution in [3.8, 4) is 0 Å². The monoisotopic (exact) mass is 282 g/mol. The van der Waals surface area contributed by atoms with Gasteiger partial charge in [-0.3, -0.25) is 9.97 Å². The molecule has 4 nitrogen and oxygen atoms in total. The molecule has 2 heterocycles. The van der Waals surface area contributed by atoms with Crippen molar-refractivity contribution in [2.45, 2.75) is 6.42 Å². The van der Waals surface area contributed by atoms with E-state index in [-0.39, 0.29) is 5.82 Å². The van der Waals surface area contributed by atoms with Crippen molar-refractivity contribution in [2.75, 3.05) is 17.6 Å². The molecule has 106 valence electrons. The van der Waals surface area contributed by atoms with Crippen LogP contribution >= 0.6 is 0 Å². The molecule has 0 saturated heterocycles. The number of pyridine rings is 2. The van der Waals surface area contributed by atoms with Crippen molar-refractivity contribution in [1.82, 2.24) is 9.97 Å². The minimum absolute atomic E-state index is 0.385. The fraction of sp³-hybridized carbons (Fsp3) is 0.125. The Morgan fingerprint density at radius 3 is 2.76 bits per heavy atom. The van der Waals surface area contributed by atoms with Crippen LogP contribution in [0.5, 0.6) is 0 Å². The highest BCUT2D eigenvalue weighted by molar-refractivity contribution is 5.98. The molecule has 0 radical (unpaired) electrons. The Morgan fingerprint density at radius 2 is 1.95 bits per heavy atom. The van der Waals surface area contributed by atoms with Crippen molar-refractivity contribution < 1.29 is 4.39 Å². The second-order valence-electron chi connectivity index (χ2n) is 4.72. The summed E-state index contributed by atoms with van der Waals surface area (Å²) < 4.78 is 14.1. The summed E-state index contributed by atoms with van der Waals surface area (Å²) in [6, 6.07) is 10.7. The summed E-state index contributed by atoms with van der Waals surface area (Å²) in [5.41, 5.74) is 8.12. The second-order valence-corrected chi connectivity index (χ2v) is 4.72. The zero-order chi connectivity index (χ0) is 14.7. The average molecular weight is 282 g/mol. The molecule has 2 aromatic heterocycles. The van der Waals surface area contributed by atoms with E-state index in [0.717, 1.165) is 11.1 Å². The van der Waals surface area contributed by atoms with E-state index in [2.05, 4.69) is 15.3 Å². The first-order valence-corrected chi connectivity index (χ1v) is 6.72. The fourth-order valence-electron chi connectivity index (χ4n) is 2.27. The van der Waals surface area contributed by atoms with Gasteiger partial charge in [-0.2, -0.15) is 0 Å². The van der Waals surface area contributed by atoms with Gasteiger partial charge < -0.3 is 11.1 Å². The number of hydrogen-bond donors (Lipinski definition) is 2. The van der Waals surface area contributed by atoms with Crippen LogP contribution < -0.4 is 11.1 Å². The molecule has 3 aromatic rings. The number of nitrogens with zero attached hydrogens (tertiary/aromatic N) is 2. The van der Waals surface area contributed by atoms with Gasteiger partial charge >= 0.3 is 0 Å². The molecule has 0 aliphatic carbocycles. The molecule has 21 heavy (non-hydrogen) atoms. The first-order chi connectivity index (χ1) is 10.3. The molecule has 0 saturated carbocycles. The Bertz CT molecular complexity index is 759. The quantitative estimate of drug-likeness (QED) is 0.722. The number of nitrogens with two attached hydrogens (primary N) is 1. The maximum absolute atomic E-state index is 14.1. The number of fused-ring (bicyclic) bond motifs is 1. The third-order valence-corrected chi connectivity index (χ3v) is 3.29. The molecular formula is C16H15FN4. The summed E-state index contributed by atoms with van der Waals surface area (Å²) in [6.45, 7) is 0.573. The molecule has 1 aromatic carbocycles. The standard InChI is InChI=1S/C16H15FN4/c17-13-10-14(18)12-5-3-8-20-15(12)16(13)21-9-6-11-4-1-2-7-19-11/h1-5,7-8,10,21H,6,9,18H2. The number of anilines is 2. The largest absolute Gasteiger partial charge is 0.398 e. The van der Waals surface area contributed by atoms with Crippen LogP contribution in [0.4, 0.5) is 15.8 Å². The maximum atomic E-state index is 14.1. The summed E-state index contributed by atoms with van der Waals surface area (Å²) in [6.07, 6.45) is 4.08. The summed E-state index contributed by atoms with van der Waals surface area (Å²) in [7, 11) is 0. The van der Waals surface area contributed by atoms with Crippen LogP contribution in [0, 0.1) is 5.82 Å². The first-order valence-electron chi connectivity index (χ1n) is 6.72. The lowest BCUT2D eigenvalue weighted by atomic mass is 10.1. The summed E-state index contributed by atoms with van der Waals surface area (Å²) in [5, 5.41) is 3.85. The predicted molar refractivity (Wildman–Crippen MR) is 82.5 cm³/mol. The highest BCUT2D eigenvalue weighted by Crippen LogP contribution is 2.29. The summed E-state index contributed by atoms with van der Waals surface area (Å²) >= 11 is 0. The van der Waals surface area contributed by atoms with Gasteiger partial charge in [0.05, 0.1) is 11.2 Å². The number of benzene rings is 1. The molecule has 5 heteroatoms. The number of aromatic nitrogens is 2. The van der Waals surface area contributed by atoms with Crippen molar-refractivity contribution in [1.29, 1.82) is 0 Å². The van der Waals surface area contributed by atoms with E-state index < -0.39 is 0 Å². The van der Waals surface area contributed by atoms with Crippen LogP contribution in [0.25, 0.3) is 10.9 Å². The zero-order valence-electron chi connectivity index (χ0n) is 11.4. The van der Waals surface area contributed by atoms with Crippen LogP contribution in [0.3, 0.4) is 0 Å². The summed E-state index contributed by atoms with van der Waals surface area (Å²) in [4.78, 5) is 8.47. The van der Waals surface area contributed by atoms with Gasteiger partial charge in [0.1, 0.15) is 0 Å². The van der Waals surface area contributed by atoms with Gasteiger partial charge in [-0.15, -0.1) is 0 Å². The SMILES string of the molecule is Nc1cc(F)c(NCCc2ccccn2)c2ncccc12. The minimum atomic E-state index is -0.389. The lowest BCUT2D eigenvalue weighted by Gasteiger charge is -2.11. The molecule has 3 N–H and O–H groups in total. The molecule has 3 rings (SSSR count). The lowest BCUT2D eigenvalue weighted by molar-refractivity contribution is 0.632. The number of nitrogens with one attached hydrogen (secondary N) is 1. The Balaban J connectivity index is 1.84. The molecule has 0 spiro atoms. The van der Waals surface area contributed by atoms with Gasteiger partial charge in [-0.05, 0) is 30.3 Å². The van der Waals surface area contributed by atoms with E-state index in [9.17, 15) is 4.39 Å². The molecular weight excluding hydrogens is 267 g/mol. The van der Waals surface area contributed by atoms with E-state index >= 15 is 0 Å². The molecule has 0 unspecified atom stereocenters. The Kier molecular flexibility index (Phi) is 3.64. The third kappa shape index (κ3) is 2.76. The van der Waals surface area contributed by atoms with Crippen LogP contribution in [-0.2, 0) is 6.42 Å². The topological polar surface area (TPSA) is 63.8 Å². The Morgan fingerprint density at radius 1 is 1.10 bits per heavy atom. The van der Waals surface area contributed by atoms with Gasteiger partial charge in [-0.1, -0.05) is 6.07 Å². The number of nitrogen functional groups attached to an aromatic ring is 1. The van der Waals surface area contributed by atoms with Crippen molar-refractivity contribution in [3.63, 3.8) is 0 Å². The zero-order valence-corrected chi connectivity index (χ0v) is 11.4. The Labute approximate surface area is 121 Å². The molecule has 0 aliphatic heterocycles. The van der Waals surface area contributed by atoms with Crippen LogP contribution in [0.1, 0.15) is 5.69 Å². The third-order valence-electron chi connectivity index (χ3n) is 3.29. The number of rotatable bonds is 4. The van der Waals surface area contributed by atoms with E-state index in [0.29, 0.717) is 29.9 Å². The first kappa shape index (κ1) is 13.3. The van der Waals surface area contributed by atoms with E-state index in [1.54, 1.807) is 18.5 Å². The fourth-order valence-corrected chi connectivity index (χ4v) is 2.27. The Hall–Kier alpha value is -2.69. The highest BCUT2D eigenvalue weighted by Gasteiger charge is 2.11. The number of hydrogen-bond acceptors (Lipinski definition) is 4. The van der Waals surface area contributed by atoms with Crippen LogP contribution in [0.2, 0.25) is 0 Å². The van der Waals surface area contributed by atoms with Crippen molar-refractivity contribution in [3.05, 3.63) is 60.3 Å².